The van der Waals surface area contributed by atoms with Crippen molar-refractivity contribution in [2.75, 3.05) is 39.3 Å². The summed E-state index contributed by atoms with van der Waals surface area (Å²) in [7, 11) is 0. The van der Waals surface area contributed by atoms with Crippen molar-refractivity contribution in [3.63, 3.8) is 0 Å². The Bertz CT molecular complexity index is 1120. The van der Waals surface area contributed by atoms with Crippen LogP contribution in [0.4, 0.5) is 4.39 Å². The zero-order valence-electron chi connectivity index (χ0n) is 21.1. The third-order valence-electron chi connectivity index (χ3n) is 7.01. The normalized spacial score (nSPS) is 15.7. The lowest BCUT2D eigenvalue weighted by molar-refractivity contribution is 0.0773. The number of hydrogen-bond donors (Lipinski definition) is 0. The number of benzene rings is 3. The monoisotopic (exact) mass is 473 g/mol. The smallest absolute Gasteiger partial charge is 0.253 e. The molecule has 1 aliphatic heterocycles. The first-order chi connectivity index (χ1) is 17.0. The summed E-state index contributed by atoms with van der Waals surface area (Å²) >= 11 is 0. The highest BCUT2D eigenvalue weighted by molar-refractivity contribution is 5.94. The molecule has 1 heterocycles. The molecule has 1 unspecified atom stereocenters. The second-order valence-electron chi connectivity index (χ2n) is 9.32. The van der Waals surface area contributed by atoms with Gasteiger partial charge in [-0.2, -0.15) is 0 Å². The molecular weight excluding hydrogens is 437 g/mol. The molecule has 0 spiro atoms. The molecule has 0 aliphatic carbocycles. The van der Waals surface area contributed by atoms with Gasteiger partial charge < -0.3 is 4.90 Å². The molecule has 3 aromatic carbocycles. The van der Waals surface area contributed by atoms with Crippen molar-refractivity contribution in [3.05, 3.63) is 106 Å². The van der Waals surface area contributed by atoms with E-state index in [1.165, 1.54) is 22.8 Å². The first kappa shape index (κ1) is 25.1. The fraction of sp³-hybridized carbons (Fsp3) is 0.367. The van der Waals surface area contributed by atoms with E-state index < -0.39 is 0 Å². The number of rotatable bonds is 8. The molecule has 4 rings (SSSR count). The van der Waals surface area contributed by atoms with Crippen LogP contribution in [0.25, 0.3) is 0 Å². The average molecular weight is 474 g/mol. The van der Waals surface area contributed by atoms with E-state index in [1.807, 2.05) is 43.0 Å². The SMILES string of the molecule is CCN(CC)C(=O)c1ccc(C(c2cccc(C)c2)N2CCN(Cc3ccccc3F)CC2)cc1. The average Bonchev–Trinajstić information content (AvgIpc) is 2.88. The Kier molecular flexibility index (Phi) is 8.32. The summed E-state index contributed by atoms with van der Waals surface area (Å²) in [6.07, 6.45) is 0. The quantitative estimate of drug-likeness (QED) is 0.431. The number of hydrogen-bond acceptors (Lipinski definition) is 3. The predicted molar refractivity (Wildman–Crippen MR) is 140 cm³/mol. The van der Waals surface area contributed by atoms with Gasteiger partial charge in [-0.15, -0.1) is 0 Å². The van der Waals surface area contributed by atoms with Crippen LogP contribution in [-0.4, -0.2) is 59.9 Å². The molecule has 4 nitrogen and oxygen atoms in total. The van der Waals surface area contributed by atoms with Gasteiger partial charge in [-0.25, -0.2) is 4.39 Å². The maximum absolute atomic E-state index is 14.2. The van der Waals surface area contributed by atoms with Crippen molar-refractivity contribution in [1.82, 2.24) is 14.7 Å². The Morgan fingerprint density at radius 3 is 2.20 bits per heavy atom. The lowest BCUT2D eigenvalue weighted by atomic mass is 9.94. The first-order valence-corrected chi connectivity index (χ1v) is 12.7. The van der Waals surface area contributed by atoms with Crippen LogP contribution in [0.5, 0.6) is 0 Å². The zero-order valence-corrected chi connectivity index (χ0v) is 21.1. The maximum atomic E-state index is 14.2. The molecule has 1 fully saturated rings. The van der Waals surface area contributed by atoms with Gasteiger partial charge in [-0.1, -0.05) is 60.2 Å². The molecule has 5 heteroatoms. The molecule has 1 amide bonds. The summed E-state index contributed by atoms with van der Waals surface area (Å²) in [6, 6.07) is 24.0. The van der Waals surface area contributed by atoms with Gasteiger partial charge >= 0.3 is 0 Å². The molecule has 1 atom stereocenters. The highest BCUT2D eigenvalue weighted by atomic mass is 19.1. The highest BCUT2D eigenvalue weighted by Gasteiger charge is 2.27. The summed E-state index contributed by atoms with van der Waals surface area (Å²) in [5, 5.41) is 0. The van der Waals surface area contributed by atoms with Crippen LogP contribution in [0.2, 0.25) is 0 Å². The molecule has 184 valence electrons. The zero-order chi connectivity index (χ0) is 24.8. The molecule has 0 radical (unpaired) electrons. The van der Waals surface area contributed by atoms with Crippen LogP contribution in [0.1, 0.15) is 52.5 Å². The topological polar surface area (TPSA) is 26.8 Å². The lowest BCUT2D eigenvalue weighted by Crippen LogP contribution is -2.47. The van der Waals surface area contributed by atoms with Crippen molar-refractivity contribution < 1.29 is 9.18 Å². The lowest BCUT2D eigenvalue weighted by Gasteiger charge is -2.40. The van der Waals surface area contributed by atoms with E-state index in [2.05, 4.69) is 53.1 Å². The van der Waals surface area contributed by atoms with E-state index in [1.54, 1.807) is 6.07 Å². The van der Waals surface area contributed by atoms with Crippen LogP contribution < -0.4 is 0 Å². The fourth-order valence-corrected chi connectivity index (χ4v) is 5.00. The van der Waals surface area contributed by atoms with Gasteiger partial charge in [0.15, 0.2) is 0 Å². The van der Waals surface area contributed by atoms with Crippen molar-refractivity contribution in [3.8, 4) is 0 Å². The number of piperazine rings is 1. The third kappa shape index (κ3) is 5.98. The van der Waals surface area contributed by atoms with E-state index in [0.29, 0.717) is 19.6 Å². The number of nitrogens with zero attached hydrogens (tertiary/aromatic N) is 3. The minimum Gasteiger partial charge on any atom is -0.339 e. The molecule has 0 saturated carbocycles. The van der Waals surface area contributed by atoms with Gasteiger partial charge in [0.05, 0.1) is 6.04 Å². The molecule has 0 bridgehead atoms. The number of amides is 1. The van der Waals surface area contributed by atoms with Crippen LogP contribution in [0.15, 0.2) is 72.8 Å². The molecule has 0 aromatic heterocycles. The highest BCUT2D eigenvalue weighted by Crippen LogP contribution is 2.31. The van der Waals surface area contributed by atoms with Crippen LogP contribution in [0, 0.1) is 12.7 Å². The Balaban J connectivity index is 1.53. The predicted octanol–water partition coefficient (Wildman–Crippen LogP) is 5.52. The molecule has 1 aliphatic rings. The number of carbonyl (C=O) groups excluding carboxylic acids is 1. The summed E-state index contributed by atoms with van der Waals surface area (Å²) < 4.78 is 14.2. The Labute approximate surface area is 209 Å². The second kappa shape index (κ2) is 11.6. The van der Waals surface area contributed by atoms with Gasteiger partial charge in [0.2, 0.25) is 0 Å². The van der Waals surface area contributed by atoms with Crippen LogP contribution >= 0.6 is 0 Å². The van der Waals surface area contributed by atoms with E-state index in [-0.39, 0.29) is 17.8 Å². The minimum absolute atomic E-state index is 0.0791. The summed E-state index contributed by atoms with van der Waals surface area (Å²) in [4.78, 5) is 19.5. The number of halogens is 1. The Morgan fingerprint density at radius 1 is 0.886 bits per heavy atom. The van der Waals surface area contributed by atoms with Crippen LogP contribution in [0.3, 0.4) is 0 Å². The van der Waals surface area contributed by atoms with Gasteiger partial charge in [0.1, 0.15) is 5.82 Å². The van der Waals surface area contributed by atoms with Gasteiger partial charge in [-0.05, 0) is 50.1 Å². The first-order valence-electron chi connectivity index (χ1n) is 12.7. The van der Waals surface area contributed by atoms with Crippen molar-refractivity contribution in [2.45, 2.75) is 33.4 Å². The van der Waals surface area contributed by atoms with E-state index in [9.17, 15) is 9.18 Å². The molecular formula is C30H36FN3O. The van der Waals surface area contributed by atoms with E-state index in [4.69, 9.17) is 0 Å². The van der Waals surface area contributed by atoms with Crippen molar-refractivity contribution in [2.24, 2.45) is 0 Å². The van der Waals surface area contributed by atoms with Gasteiger partial charge in [0, 0.05) is 56.9 Å². The van der Waals surface area contributed by atoms with E-state index in [0.717, 1.165) is 37.3 Å². The van der Waals surface area contributed by atoms with Crippen molar-refractivity contribution >= 4 is 5.91 Å². The molecule has 3 aromatic rings. The Morgan fingerprint density at radius 2 is 1.57 bits per heavy atom. The summed E-state index contributed by atoms with van der Waals surface area (Å²) in [5.74, 6) is -0.0534. The third-order valence-corrected chi connectivity index (χ3v) is 7.01. The fourth-order valence-electron chi connectivity index (χ4n) is 5.00. The maximum Gasteiger partial charge on any atom is 0.253 e. The van der Waals surface area contributed by atoms with E-state index >= 15 is 0 Å². The second-order valence-corrected chi connectivity index (χ2v) is 9.32. The summed E-state index contributed by atoms with van der Waals surface area (Å²) in [5.41, 5.74) is 5.17. The largest absolute Gasteiger partial charge is 0.339 e. The molecule has 0 N–H and O–H groups in total. The van der Waals surface area contributed by atoms with Crippen molar-refractivity contribution in [1.29, 1.82) is 0 Å². The number of carbonyl (C=O) groups is 1. The minimum atomic E-state index is -0.132. The standard InChI is InChI=1S/C30H36FN3O/c1-4-33(5-2)30(35)25-15-13-24(14-16-25)29(26-11-8-9-23(3)21-26)34-19-17-32(18-20-34)22-27-10-6-7-12-28(27)31/h6-16,21,29H,4-5,17-20,22H2,1-3H3. The Hall–Kier alpha value is -3.02. The van der Waals surface area contributed by atoms with Gasteiger partial charge in [-0.3, -0.25) is 14.6 Å². The molecule has 1 saturated heterocycles. The summed E-state index contributed by atoms with van der Waals surface area (Å²) in [6.45, 7) is 11.8. The van der Waals surface area contributed by atoms with Crippen LogP contribution in [-0.2, 0) is 6.54 Å². The number of aryl methyl sites for hydroxylation is 1. The molecule has 35 heavy (non-hydrogen) atoms. The van der Waals surface area contributed by atoms with Gasteiger partial charge in [0.25, 0.3) is 5.91 Å².